The highest BCUT2D eigenvalue weighted by atomic mass is 32.1. The first kappa shape index (κ1) is 20.1. The second-order valence-electron chi connectivity index (χ2n) is 6.80. The average molecular weight is 407 g/mol. The molecule has 0 unspecified atom stereocenters. The number of aliphatic imine (C=N–C) groups is 1. The highest BCUT2D eigenvalue weighted by Gasteiger charge is 2.25. The Morgan fingerprint density at radius 2 is 1.89 bits per heavy atom. The van der Waals surface area contributed by atoms with Crippen molar-refractivity contribution < 1.29 is 18.9 Å². The van der Waals surface area contributed by atoms with Crippen LogP contribution in [0.4, 0.5) is 16.6 Å². The fourth-order valence-corrected chi connectivity index (χ4v) is 3.88. The van der Waals surface area contributed by atoms with Crippen molar-refractivity contribution in [1.29, 1.82) is 0 Å². The zero-order valence-corrected chi connectivity index (χ0v) is 17.6. The van der Waals surface area contributed by atoms with Gasteiger partial charge in [0.25, 0.3) is 0 Å². The molecule has 0 amide bonds. The van der Waals surface area contributed by atoms with Crippen molar-refractivity contribution in [2.24, 2.45) is 10.9 Å². The fraction of sp³-hybridized carbons (Fsp3) is 0.474. The van der Waals surface area contributed by atoms with Gasteiger partial charge >= 0.3 is 0 Å². The highest BCUT2D eigenvalue weighted by molar-refractivity contribution is 7.18. The largest absolute Gasteiger partial charge is 0.493 e. The quantitative estimate of drug-likeness (QED) is 0.689. The topological polar surface area (TPSA) is 100 Å². The van der Waals surface area contributed by atoms with Crippen LogP contribution in [0.15, 0.2) is 17.1 Å². The van der Waals surface area contributed by atoms with Gasteiger partial charge in [-0.1, -0.05) is 25.2 Å². The lowest BCUT2D eigenvalue weighted by Crippen LogP contribution is -2.09. The van der Waals surface area contributed by atoms with Crippen molar-refractivity contribution in [2.45, 2.75) is 26.3 Å². The Bertz CT molecular complexity index is 841. The van der Waals surface area contributed by atoms with Crippen molar-refractivity contribution in [3.05, 3.63) is 17.0 Å². The van der Waals surface area contributed by atoms with Gasteiger partial charge in [0.05, 0.1) is 27.4 Å². The molecule has 0 bridgehead atoms. The molecule has 1 aromatic heterocycles. The first-order valence-electron chi connectivity index (χ1n) is 8.99. The summed E-state index contributed by atoms with van der Waals surface area (Å²) in [6.07, 6.45) is 0.985. The molecule has 8 nitrogen and oxygen atoms in total. The van der Waals surface area contributed by atoms with E-state index in [1.54, 1.807) is 33.5 Å². The van der Waals surface area contributed by atoms with E-state index in [-0.39, 0.29) is 6.04 Å². The van der Waals surface area contributed by atoms with Crippen molar-refractivity contribution in [1.82, 2.24) is 4.98 Å². The Kier molecular flexibility index (Phi) is 6.13. The number of ether oxygens (including phenoxy) is 4. The molecule has 0 fully saturated rings. The van der Waals surface area contributed by atoms with E-state index in [1.807, 2.05) is 0 Å². The number of nitrogens with two attached hydrogens (primary N) is 1. The molecule has 28 heavy (non-hydrogen) atoms. The molecule has 3 N–H and O–H groups in total. The van der Waals surface area contributed by atoms with Crippen LogP contribution >= 0.6 is 11.3 Å². The van der Waals surface area contributed by atoms with E-state index in [0.717, 1.165) is 17.0 Å². The molecule has 0 aliphatic carbocycles. The van der Waals surface area contributed by atoms with Crippen LogP contribution < -0.4 is 25.3 Å². The third kappa shape index (κ3) is 4.24. The van der Waals surface area contributed by atoms with Crippen LogP contribution in [0, 0.1) is 5.92 Å². The minimum atomic E-state index is 0.169. The summed E-state index contributed by atoms with van der Waals surface area (Å²) in [6.45, 7) is 4.93. The van der Waals surface area contributed by atoms with Crippen molar-refractivity contribution in [3.63, 3.8) is 0 Å². The third-order valence-electron chi connectivity index (χ3n) is 4.22. The molecule has 2 heterocycles. The minimum absolute atomic E-state index is 0.169. The van der Waals surface area contributed by atoms with Gasteiger partial charge in [0.2, 0.25) is 11.6 Å². The van der Waals surface area contributed by atoms with Crippen LogP contribution in [0.1, 0.15) is 25.1 Å². The van der Waals surface area contributed by atoms with Crippen LogP contribution in [0.2, 0.25) is 0 Å². The van der Waals surface area contributed by atoms with Crippen LogP contribution in [0.3, 0.4) is 0 Å². The second-order valence-corrected chi connectivity index (χ2v) is 7.80. The summed E-state index contributed by atoms with van der Waals surface area (Å²) < 4.78 is 21.9. The summed E-state index contributed by atoms with van der Waals surface area (Å²) in [5.74, 6) is 3.15. The molecule has 0 spiro atoms. The normalized spacial score (nSPS) is 15.9. The van der Waals surface area contributed by atoms with Gasteiger partial charge in [0, 0.05) is 17.8 Å². The summed E-state index contributed by atoms with van der Waals surface area (Å²) in [4.78, 5) is 9.80. The molecule has 3 rings (SSSR count). The molecule has 2 aromatic rings. The molecule has 1 atom stereocenters. The first-order valence-corrected chi connectivity index (χ1v) is 9.81. The molecule has 1 aromatic carbocycles. The average Bonchev–Trinajstić information content (AvgIpc) is 3.26. The number of rotatable bonds is 8. The number of nitrogen functional groups attached to an aromatic ring is 1. The number of benzene rings is 1. The summed E-state index contributed by atoms with van der Waals surface area (Å²) in [5, 5.41) is 3.86. The zero-order valence-electron chi connectivity index (χ0n) is 16.7. The summed E-state index contributed by atoms with van der Waals surface area (Å²) in [6, 6.07) is 3.78. The van der Waals surface area contributed by atoms with Gasteiger partial charge in [0.15, 0.2) is 16.6 Å². The maximum absolute atomic E-state index is 6.11. The predicted octanol–water partition coefficient (Wildman–Crippen LogP) is 3.69. The molecule has 152 valence electrons. The van der Waals surface area contributed by atoms with E-state index in [9.17, 15) is 0 Å². The first-order chi connectivity index (χ1) is 13.4. The zero-order chi connectivity index (χ0) is 20.3. The van der Waals surface area contributed by atoms with Crippen LogP contribution in [-0.2, 0) is 4.74 Å². The van der Waals surface area contributed by atoms with Gasteiger partial charge in [-0.15, -0.1) is 0 Å². The van der Waals surface area contributed by atoms with Gasteiger partial charge in [-0.2, -0.15) is 0 Å². The number of hydrogen-bond acceptors (Lipinski definition) is 9. The maximum atomic E-state index is 6.11. The van der Waals surface area contributed by atoms with Crippen LogP contribution in [-0.4, -0.2) is 44.9 Å². The molecular weight excluding hydrogens is 380 g/mol. The van der Waals surface area contributed by atoms with Crippen LogP contribution in [0.25, 0.3) is 0 Å². The summed E-state index contributed by atoms with van der Waals surface area (Å²) >= 11 is 1.39. The lowest BCUT2D eigenvalue weighted by atomic mass is 10.1. The highest BCUT2D eigenvalue weighted by Crippen LogP contribution is 2.41. The fourth-order valence-electron chi connectivity index (χ4n) is 3.02. The van der Waals surface area contributed by atoms with Gasteiger partial charge in [0.1, 0.15) is 17.3 Å². The Hall–Kier alpha value is -2.68. The van der Waals surface area contributed by atoms with E-state index < -0.39 is 0 Å². The van der Waals surface area contributed by atoms with E-state index in [4.69, 9.17) is 24.7 Å². The van der Waals surface area contributed by atoms with Crippen molar-refractivity contribution in [3.8, 4) is 17.2 Å². The number of methoxy groups -OCH3 is 3. The maximum Gasteiger partial charge on any atom is 0.230 e. The molecular formula is C19H26N4O4S. The molecule has 1 aliphatic rings. The summed E-state index contributed by atoms with van der Waals surface area (Å²) in [7, 11) is 4.71. The monoisotopic (exact) mass is 406 g/mol. The number of thiazole rings is 1. The Balaban J connectivity index is 1.83. The van der Waals surface area contributed by atoms with Crippen molar-refractivity contribution in [2.75, 3.05) is 39.0 Å². The lowest BCUT2D eigenvalue weighted by Gasteiger charge is -2.14. The number of anilines is 3. The third-order valence-corrected chi connectivity index (χ3v) is 5.19. The number of nitrogens with zero attached hydrogens (tertiary/aromatic N) is 2. The van der Waals surface area contributed by atoms with Crippen molar-refractivity contribution >= 4 is 33.9 Å². The minimum Gasteiger partial charge on any atom is -0.493 e. The Labute approximate surface area is 168 Å². The number of nitrogens with one attached hydrogen (secondary N) is 1. The molecule has 0 saturated carbocycles. The lowest BCUT2D eigenvalue weighted by molar-refractivity contribution is 0.302. The van der Waals surface area contributed by atoms with Gasteiger partial charge in [-0.05, 0) is 12.3 Å². The van der Waals surface area contributed by atoms with E-state index in [2.05, 4.69) is 29.1 Å². The molecule has 9 heteroatoms. The van der Waals surface area contributed by atoms with E-state index >= 15 is 0 Å². The van der Waals surface area contributed by atoms with Gasteiger partial charge < -0.3 is 30.0 Å². The SMILES string of the molecule is COc1cc(Nc2nc(N)c(C3=N[C@@H](CC(C)C)CO3)s2)cc(OC)c1OC. The smallest absolute Gasteiger partial charge is 0.230 e. The Morgan fingerprint density at radius 1 is 1.21 bits per heavy atom. The number of aromatic nitrogens is 1. The predicted molar refractivity (Wildman–Crippen MR) is 112 cm³/mol. The summed E-state index contributed by atoms with van der Waals surface area (Å²) in [5.41, 5.74) is 6.85. The molecule has 0 saturated heterocycles. The molecule has 0 radical (unpaired) electrons. The Morgan fingerprint density at radius 3 is 2.46 bits per heavy atom. The standard InChI is InChI=1S/C19H26N4O4S/c1-10(2)6-12-9-27-18(21-12)16-17(20)23-19(28-16)22-11-7-13(24-3)15(26-5)14(8-11)25-4/h7-8,10,12H,6,9,20H2,1-5H3,(H,22,23)/t12-/m0/s1. The van der Waals surface area contributed by atoms with E-state index in [1.165, 1.54) is 11.3 Å². The van der Waals surface area contributed by atoms with Gasteiger partial charge in [-0.25, -0.2) is 9.98 Å². The number of hydrogen-bond donors (Lipinski definition) is 2. The van der Waals surface area contributed by atoms with Gasteiger partial charge in [-0.3, -0.25) is 0 Å². The van der Waals surface area contributed by atoms with E-state index in [0.29, 0.717) is 46.6 Å². The second kappa shape index (κ2) is 8.55. The molecule has 1 aliphatic heterocycles. The van der Waals surface area contributed by atoms with Crippen LogP contribution in [0.5, 0.6) is 17.2 Å².